The van der Waals surface area contributed by atoms with Crippen molar-refractivity contribution < 1.29 is 8.78 Å². The van der Waals surface area contributed by atoms with E-state index in [0.717, 1.165) is 20.4 Å². The summed E-state index contributed by atoms with van der Waals surface area (Å²) < 4.78 is 29.5. The number of nitrogens with zero attached hydrogens (tertiary/aromatic N) is 3. The highest BCUT2D eigenvalue weighted by molar-refractivity contribution is 14.1. The third-order valence-electron chi connectivity index (χ3n) is 4.10. The van der Waals surface area contributed by atoms with Crippen molar-refractivity contribution in [3.05, 3.63) is 93.6 Å². The van der Waals surface area contributed by atoms with Gasteiger partial charge in [-0.25, -0.2) is 8.78 Å². The lowest BCUT2D eigenvalue weighted by molar-refractivity contribution is 0.627. The van der Waals surface area contributed by atoms with Gasteiger partial charge in [-0.1, -0.05) is 23.9 Å². The van der Waals surface area contributed by atoms with E-state index in [-0.39, 0.29) is 11.6 Å². The van der Waals surface area contributed by atoms with Crippen molar-refractivity contribution in [2.24, 2.45) is 0 Å². The molecular weight excluding hydrogens is 491 g/mol. The van der Waals surface area contributed by atoms with Crippen molar-refractivity contribution in [1.29, 1.82) is 0 Å². The molecule has 0 bridgehead atoms. The predicted octanol–water partition coefficient (Wildman–Crippen LogP) is 6.11. The summed E-state index contributed by atoms with van der Waals surface area (Å²) in [6.07, 6.45) is 0. The van der Waals surface area contributed by atoms with E-state index in [2.05, 4.69) is 32.8 Å². The lowest BCUT2D eigenvalue weighted by atomic mass is 10.2. The second kappa shape index (κ2) is 8.40. The van der Waals surface area contributed by atoms with Gasteiger partial charge in [0.25, 0.3) is 0 Å². The molecule has 0 fully saturated rings. The van der Waals surface area contributed by atoms with Gasteiger partial charge in [0.1, 0.15) is 11.6 Å². The van der Waals surface area contributed by atoms with E-state index in [9.17, 15) is 8.78 Å². The standard InChI is InChI=1S/C21H14F2IN3S/c22-16-5-1-14(2-6-16)13-28-21-26-25-20(15-3-7-17(23)8-4-15)27(21)19-11-9-18(24)10-12-19/h1-12H,13H2. The average Bonchev–Trinajstić information content (AvgIpc) is 3.13. The lowest BCUT2D eigenvalue weighted by Gasteiger charge is -2.11. The van der Waals surface area contributed by atoms with Crippen LogP contribution >= 0.6 is 34.4 Å². The van der Waals surface area contributed by atoms with Gasteiger partial charge in [0.15, 0.2) is 11.0 Å². The SMILES string of the molecule is Fc1ccc(CSc2nnc(-c3ccc(F)cc3)n2-c2ccc(I)cc2)cc1. The summed E-state index contributed by atoms with van der Waals surface area (Å²) in [5, 5.41) is 9.41. The molecule has 0 aliphatic heterocycles. The van der Waals surface area contributed by atoms with Gasteiger partial charge in [-0.15, -0.1) is 10.2 Å². The minimum absolute atomic E-state index is 0.255. The number of halogens is 3. The fraction of sp³-hybridized carbons (Fsp3) is 0.0476. The number of hydrogen-bond donors (Lipinski definition) is 0. The molecule has 0 N–H and O–H groups in total. The van der Waals surface area contributed by atoms with E-state index in [1.165, 1.54) is 36.0 Å². The topological polar surface area (TPSA) is 30.7 Å². The molecule has 28 heavy (non-hydrogen) atoms. The minimum Gasteiger partial charge on any atom is -0.270 e. The van der Waals surface area contributed by atoms with E-state index < -0.39 is 0 Å². The molecular formula is C21H14F2IN3S. The maximum absolute atomic E-state index is 13.3. The van der Waals surface area contributed by atoms with Gasteiger partial charge in [-0.2, -0.15) is 0 Å². The summed E-state index contributed by atoms with van der Waals surface area (Å²) in [6, 6.07) is 20.6. The molecule has 4 aromatic rings. The molecule has 0 saturated heterocycles. The van der Waals surface area contributed by atoms with Crippen LogP contribution in [-0.2, 0) is 5.75 Å². The van der Waals surface area contributed by atoms with Gasteiger partial charge in [-0.3, -0.25) is 4.57 Å². The molecule has 0 saturated carbocycles. The smallest absolute Gasteiger partial charge is 0.196 e. The first-order valence-electron chi connectivity index (χ1n) is 8.45. The number of aromatic nitrogens is 3. The van der Waals surface area contributed by atoms with E-state index in [0.29, 0.717) is 16.7 Å². The molecule has 0 amide bonds. The summed E-state index contributed by atoms with van der Waals surface area (Å²) in [7, 11) is 0. The number of benzene rings is 3. The van der Waals surface area contributed by atoms with E-state index in [1.54, 1.807) is 24.3 Å². The van der Waals surface area contributed by atoms with Crippen molar-refractivity contribution >= 4 is 34.4 Å². The first kappa shape index (κ1) is 19.1. The van der Waals surface area contributed by atoms with Crippen LogP contribution in [0.2, 0.25) is 0 Å². The van der Waals surface area contributed by atoms with Crippen LogP contribution in [0.15, 0.2) is 78.0 Å². The summed E-state index contributed by atoms with van der Waals surface area (Å²) in [4.78, 5) is 0. The van der Waals surface area contributed by atoms with Crippen LogP contribution in [0.1, 0.15) is 5.56 Å². The van der Waals surface area contributed by atoms with Crippen LogP contribution in [0.25, 0.3) is 17.1 Å². The van der Waals surface area contributed by atoms with E-state index in [1.807, 2.05) is 28.8 Å². The van der Waals surface area contributed by atoms with Gasteiger partial charge >= 0.3 is 0 Å². The zero-order chi connectivity index (χ0) is 19.5. The molecule has 3 nitrogen and oxygen atoms in total. The second-order valence-electron chi connectivity index (χ2n) is 6.04. The van der Waals surface area contributed by atoms with E-state index in [4.69, 9.17) is 0 Å². The van der Waals surface area contributed by atoms with E-state index >= 15 is 0 Å². The molecule has 0 aliphatic rings. The maximum atomic E-state index is 13.3. The second-order valence-corrected chi connectivity index (χ2v) is 8.23. The quantitative estimate of drug-likeness (QED) is 0.242. The molecule has 1 aromatic heterocycles. The normalized spacial score (nSPS) is 11.0. The highest BCUT2D eigenvalue weighted by Crippen LogP contribution is 2.30. The highest BCUT2D eigenvalue weighted by atomic mass is 127. The third-order valence-corrected chi connectivity index (χ3v) is 5.82. The number of hydrogen-bond acceptors (Lipinski definition) is 3. The van der Waals surface area contributed by atoms with Crippen LogP contribution < -0.4 is 0 Å². The van der Waals surface area contributed by atoms with Crippen LogP contribution in [0.4, 0.5) is 8.78 Å². The van der Waals surface area contributed by atoms with Gasteiger partial charge in [-0.05, 0) is 88.8 Å². The Morgan fingerprint density at radius 3 is 2.04 bits per heavy atom. The third kappa shape index (κ3) is 4.25. The molecule has 3 aromatic carbocycles. The Bertz CT molecular complexity index is 1080. The Labute approximate surface area is 179 Å². The van der Waals surface area contributed by atoms with Crippen molar-refractivity contribution in [3.8, 4) is 17.1 Å². The Hall–Kier alpha value is -2.26. The molecule has 4 rings (SSSR count). The average molecular weight is 505 g/mol. The van der Waals surface area contributed by atoms with Crippen molar-refractivity contribution in [2.45, 2.75) is 10.9 Å². The molecule has 0 unspecified atom stereocenters. The van der Waals surface area contributed by atoms with Crippen LogP contribution in [0, 0.1) is 15.2 Å². The largest absolute Gasteiger partial charge is 0.270 e. The fourth-order valence-electron chi connectivity index (χ4n) is 2.70. The van der Waals surface area contributed by atoms with Gasteiger partial charge in [0.05, 0.1) is 0 Å². The minimum atomic E-state index is -0.296. The van der Waals surface area contributed by atoms with Crippen LogP contribution in [0.5, 0.6) is 0 Å². The number of rotatable bonds is 5. The van der Waals surface area contributed by atoms with Crippen molar-refractivity contribution in [3.63, 3.8) is 0 Å². The molecule has 0 radical (unpaired) electrons. The van der Waals surface area contributed by atoms with Gasteiger partial charge in [0.2, 0.25) is 0 Å². The first-order valence-corrected chi connectivity index (χ1v) is 10.5. The summed E-state index contributed by atoms with van der Waals surface area (Å²) in [6.45, 7) is 0. The molecule has 0 spiro atoms. The zero-order valence-corrected chi connectivity index (χ0v) is 17.5. The van der Waals surface area contributed by atoms with Gasteiger partial charge < -0.3 is 0 Å². The van der Waals surface area contributed by atoms with Crippen molar-refractivity contribution in [1.82, 2.24) is 14.8 Å². The molecule has 1 heterocycles. The molecule has 0 aliphatic carbocycles. The van der Waals surface area contributed by atoms with Gasteiger partial charge in [0, 0.05) is 20.6 Å². The molecule has 7 heteroatoms. The molecule has 0 atom stereocenters. The monoisotopic (exact) mass is 505 g/mol. The Morgan fingerprint density at radius 1 is 0.786 bits per heavy atom. The lowest BCUT2D eigenvalue weighted by Crippen LogP contribution is -2.00. The fourth-order valence-corrected chi connectivity index (χ4v) is 3.97. The first-order chi connectivity index (χ1) is 13.6. The summed E-state index contributed by atoms with van der Waals surface area (Å²) in [5.41, 5.74) is 2.69. The zero-order valence-electron chi connectivity index (χ0n) is 14.5. The maximum Gasteiger partial charge on any atom is 0.196 e. The molecule has 140 valence electrons. The number of thioether (sulfide) groups is 1. The Kier molecular flexibility index (Phi) is 5.72. The van der Waals surface area contributed by atoms with Crippen LogP contribution in [0.3, 0.4) is 0 Å². The highest BCUT2D eigenvalue weighted by Gasteiger charge is 2.16. The van der Waals surface area contributed by atoms with Crippen molar-refractivity contribution in [2.75, 3.05) is 0 Å². The summed E-state index contributed by atoms with van der Waals surface area (Å²) in [5.74, 6) is 0.721. The summed E-state index contributed by atoms with van der Waals surface area (Å²) >= 11 is 3.77. The Balaban J connectivity index is 1.72. The predicted molar refractivity (Wildman–Crippen MR) is 115 cm³/mol. The van der Waals surface area contributed by atoms with Crippen LogP contribution in [-0.4, -0.2) is 14.8 Å². The Morgan fingerprint density at radius 2 is 1.39 bits per heavy atom.